The van der Waals surface area contributed by atoms with Crippen molar-refractivity contribution in [2.75, 3.05) is 5.73 Å². The van der Waals surface area contributed by atoms with E-state index in [0.717, 1.165) is 11.1 Å². The number of nitrogen functional groups attached to an aromatic ring is 1. The predicted octanol–water partition coefficient (Wildman–Crippen LogP) is 3.53. The Labute approximate surface area is 131 Å². The van der Waals surface area contributed by atoms with Crippen LogP contribution in [0.5, 0.6) is 0 Å². The molecule has 0 spiro atoms. The molecule has 0 amide bonds. The highest BCUT2D eigenvalue weighted by Crippen LogP contribution is 2.28. The monoisotopic (exact) mass is 319 g/mol. The average Bonchev–Trinajstić information content (AvgIpc) is 2.89. The van der Waals surface area contributed by atoms with E-state index in [1.807, 2.05) is 25.1 Å². The summed E-state index contributed by atoms with van der Waals surface area (Å²) in [5.41, 5.74) is 8.99. The Kier molecular flexibility index (Phi) is 3.53. The minimum Gasteiger partial charge on any atom is -0.399 e. The maximum absolute atomic E-state index is 6.21. The van der Waals surface area contributed by atoms with Crippen molar-refractivity contribution in [2.24, 2.45) is 0 Å². The lowest BCUT2D eigenvalue weighted by molar-refractivity contribution is 0.791. The van der Waals surface area contributed by atoms with Crippen LogP contribution >= 0.6 is 23.2 Å². The molecular formula is C14H11Cl2N5. The first-order chi connectivity index (χ1) is 10.0. The number of aromatic nitrogens is 4. The molecule has 21 heavy (non-hydrogen) atoms. The topological polar surface area (TPSA) is 69.6 Å². The number of benzene rings is 2. The van der Waals surface area contributed by atoms with Gasteiger partial charge in [-0.2, -0.15) is 4.68 Å². The quantitative estimate of drug-likeness (QED) is 0.733. The lowest BCUT2D eigenvalue weighted by atomic mass is 10.1. The molecule has 0 saturated heterocycles. The normalized spacial score (nSPS) is 10.8. The molecule has 2 N–H and O–H groups in total. The smallest absolute Gasteiger partial charge is 0.187 e. The van der Waals surface area contributed by atoms with Gasteiger partial charge in [-0.05, 0) is 59.3 Å². The molecule has 0 fully saturated rings. The SMILES string of the molecule is Cc1cc(N)cc(-c2nnnn2-c2cc(Cl)ccc2Cl)c1. The van der Waals surface area contributed by atoms with Gasteiger partial charge < -0.3 is 5.73 Å². The molecule has 0 radical (unpaired) electrons. The Bertz CT molecular complexity index is 793. The molecule has 0 atom stereocenters. The van der Waals surface area contributed by atoms with Crippen LogP contribution in [0.3, 0.4) is 0 Å². The van der Waals surface area contributed by atoms with E-state index in [2.05, 4.69) is 15.5 Å². The number of nitrogens with two attached hydrogens (primary N) is 1. The molecule has 5 nitrogen and oxygen atoms in total. The lowest BCUT2D eigenvalue weighted by Gasteiger charge is -2.08. The largest absolute Gasteiger partial charge is 0.399 e. The Morgan fingerprint density at radius 2 is 1.90 bits per heavy atom. The van der Waals surface area contributed by atoms with Gasteiger partial charge in [-0.1, -0.05) is 23.2 Å². The molecule has 3 aromatic rings. The summed E-state index contributed by atoms with van der Waals surface area (Å²) in [6.45, 7) is 1.96. The zero-order valence-electron chi connectivity index (χ0n) is 11.1. The molecule has 0 aliphatic carbocycles. The van der Waals surface area contributed by atoms with Crippen molar-refractivity contribution in [1.82, 2.24) is 20.2 Å². The van der Waals surface area contributed by atoms with Gasteiger partial charge >= 0.3 is 0 Å². The fourth-order valence-electron chi connectivity index (χ4n) is 2.12. The van der Waals surface area contributed by atoms with Gasteiger partial charge in [-0.25, -0.2) is 0 Å². The number of halogens is 2. The number of hydrogen-bond donors (Lipinski definition) is 1. The summed E-state index contributed by atoms with van der Waals surface area (Å²) in [6.07, 6.45) is 0. The maximum atomic E-state index is 6.21. The van der Waals surface area contributed by atoms with Crippen molar-refractivity contribution in [1.29, 1.82) is 0 Å². The van der Waals surface area contributed by atoms with E-state index < -0.39 is 0 Å². The van der Waals surface area contributed by atoms with E-state index in [0.29, 0.717) is 27.2 Å². The highest BCUT2D eigenvalue weighted by molar-refractivity contribution is 6.34. The van der Waals surface area contributed by atoms with Crippen LogP contribution in [0.1, 0.15) is 5.56 Å². The molecule has 106 valence electrons. The molecule has 3 rings (SSSR count). The number of anilines is 1. The fourth-order valence-corrected chi connectivity index (χ4v) is 2.48. The second-order valence-electron chi connectivity index (χ2n) is 4.64. The van der Waals surface area contributed by atoms with Crippen LogP contribution in [-0.4, -0.2) is 20.2 Å². The third kappa shape index (κ3) is 2.70. The molecule has 1 heterocycles. The maximum Gasteiger partial charge on any atom is 0.187 e. The summed E-state index contributed by atoms with van der Waals surface area (Å²) in [5, 5.41) is 12.8. The molecule has 0 unspecified atom stereocenters. The van der Waals surface area contributed by atoms with Gasteiger partial charge in [0.25, 0.3) is 0 Å². The predicted molar refractivity (Wildman–Crippen MR) is 83.8 cm³/mol. The third-order valence-electron chi connectivity index (χ3n) is 2.96. The van der Waals surface area contributed by atoms with Gasteiger partial charge in [0, 0.05) is 16.3 Å². The van der Waals surface area contributed by atoms with E-state index in [1.54, 1.807) is 22.9 Å². The number of tetrazole rings is 1. The fraction of sp³-hybridized carbons (Fsp3) is 0.0714. The van der Waals surface area contributed by atoms with Crippen LogP contribution in [-0.2, 0) is 0 Å². The highest BCUT2D eigenvalue weighted by Gasteiger charge is 2.14. The van der Waals surface area contributed by atoms with Crippen LogP contribution in [0.4, 0.5) is 5.69 Å². The Morgan fingerprint density at radius 1 is 1.10 bits per heavy atom. The number of nitrogens with zero attached hydrogens (tertiary/aromatic N) is 4. The van der Waals surface area contributed by atoms with Crippen molar-refractivity contribution in [3.05, 3.63) is 52.0 Å². The van der Waals surface area contributed by atoms with Gasteiger partial charge in [0.15, 0.2) is 5.82 Å². The molecular weight excluding hydrogens is 309 g/mol. The van der Waals surface area contributed by atoms with E-state index in [4.69, 9.17) is 28.9 Å². The molecule has 0 aliphatic rings. The van der Waals surface area contributed by atoms with Crippen molar-refractivity contribution in [3.63, 3.8) is 0 Å². The molecule has 1 aromatic heterocycles. The van der Waals surface area contributed by atoms with Gasteiger partial charge in [0.1, 0.15) is 0 Å². The molecule has 2 aromatic carbocycles. The average molecular weight is 320 g/mol. The number of rotatable bonds is 2. The van der Waals surface area contributed by atoms with Crippen molar-refractivity contribution < 1.29 is 0 Å². The van der Waals surface area contributed by atoms with Crippen molar-refractivity contribution in [2.45, 2.75) is 6.92 Å². The first-order valence-corrected chi connectivity index (χ1v) is 6.91. The number of hydrogen-bond acceptors (Lipinski definition) is 4. The van der Waals surface area contributed by atoms with E-state index in [1.165, 1.54) is 0 Å². The minimum atomic E-state index is 0.508. The molecule has 0 bridgehead atoms. The standard InChI is InChI=1S/C14H11Cl2N5/c1-8-4-9(6-11(17)5-8)14-18-19-20-21(14)13-7-10(15)2-3-12(13)16/h2-7H,17H2,1H3. The van der Waals surface area contributed by atoms with Crippen LogP contribution < -0.4 is 5.73 Å². The van der Waals surface area contributed by atoms with Gasteiger partial charge in [-0.15, -0.1) is 5.10 Å². The van der Waals surface area contributed by atoms with Crippen molar-refractivity contribution >= 4 is 28.9 Å². The highest BCUT2D eigenvalue weighted by atomic mass is 35.5. The molecule has 0 saturated carbocycles. The van der Waals surface area contributed by atoms with Crippen molar-refractivity contribution in [3.8, 4) is 17.1 Å². The molecule has 7 heteroatoms. The van der Waals surface area contributed by atoms with Crippen LogP contribution in [0.2, 0.25) is 10.0 Å². The van der Waals surface area contributed by atoms with E-state index in [9.17, 15) is 0 Å². The zero-order valence-corrected chi connectivity index (χ0v) is 12.6. The summed E-state index contributed by atoms with van der Waals surface area (Å²) >= 11 is 12.2. The first-order valence-electron chi connectivity index (χ1n) is 6.16. The Hall–Kier alpha value is -2.11. The Balaban J connectivity index is 2.19. The Morgan fingerprint density at radius 3 is 2.67 bits per heavy atom. The lowest BCUT2D eigenvalue weighted by Crippen LogP contribution is -2.01. The third-order valence-corrected chi connectivity index (χ3v) is 3.52. The van der Waals surface area contributed by atoms with Crippen LogP contribution in [0.25, 0.3) is 17.1 Å². The molecule has 0 aliphatic heterocycles. The summed E-state index contributed by atoms with van der Waals surface area (Å²) in [7, 11) is 0. The second kappa shape index (κ2) is 5.35. The summed E-state index contributed by atoms with van der Waals surface area (Å²) < 4.78 is 1.54. The summed E-state index contributed by atoms with van der Waals surface area (Å²) in [4.78, 5) is 0. The number of aryl methyl sites for hydroxylation is 1. The van der Waals surface area contributed by atoms with E-state index >= 15 is 0 Å². The second-order valence-corrected chi connectivity index (χ2v) is 5.49. The minimum absolute atomic E-state index is 0.508. The van der Waals surface area contributed by atoms with Gasteiger partial charge in [0.2, 0.25) is 0 Å². The van der Waals surface area contributed by atoms with Gasteiger partial charge in [0.05, 0.1) is 10.7 Å². The summed E-state index contributed by atoms with van der Waals surface area (Å²) in [5.74, 6) is 0.551. The van der Waals surface area contributed by atoms with Crippen LogP contribution in [0.15, 0.2) is 36.4 Å². The summed E-state index contributed by atoms with van der Waals surface area (Å²) in [6, 6.07) is 10.8. The zero-order chi connectivity index (χ0) is 15.0. The van der Waals surface area contributed by atoms with Crippen LogP contribution in [0, 0.1) is 6.92 Å². The van der Waals surface area contributed by atoms with E-state index in [-0.39, 0.29) is 0 Å². The first kappa shape index (κ1) is 13.9. The van der Waals surface area contributed by atoms with Gasteiger partial charge in [-0.3, -0.25) is 0 Å².